The van der Waals surface area contributed by atoms with Crippen molar-refractivity contribution < 1.29 is 8.42 Å². The van der Waals surface area contributed by atoms with Gasteiger partial charge in [0.25, 0.3) is 0 Å². The van der Waals surface area contributed by atoms with Crippen LogP contribution in [0.3, 0.4) is 0 Å². The van der Waals surface area contributed by atoms with E-state index in [0.717, 1.165) is 0 Å². The molecule has 0 atom stereocenters. The quantitative estimate of drug-likeness (QED) is 0.802. The van der Waals surface area contributed by atoms with Crippen LogP contribution in [0.25, 0.3) is 0 Å². The molecule has 0 heterocycles. The van der Waals surface area contributed by atoms with Crippen LogP contribution in [0, 0.1) is 5.41 Å². The zero-order chi connectivity index (χ0) is 11.5. The zero-order valence-electron chi connectivity index (χ0n) is 10.0. The molecule has 1 N–H and O–H groups in total. The van der Waals surface area contributed by atoms with Gasteiger partial charge in [-0.3, -0.25) is 0 Å². The molecule has 1 rings (SSSR count). The van der Waals surface area contributed by atoms with Crippen LogP contribution in [0.5, 0.6) is 0 Å². The van der Waals surface area contributed by atoms with Crippen LogP contribution in [0.1, 0.15) is 39.5 Å². The summed E-state index contributed by atoms with van der Waals surface area (Å²) in [5.41, 5.74) is 0.481. The van der Waals surface area contributed by atoms with Crippen molar-refractivity contribution in [2.75, 3.05) is 18.6 Å². The molecular weight excluding hydrogens is 210 g/mol. The molecule has 0 radical (unpaired) electrons. The van der Waals surface area contributed by atoms with E-state index in [1.165, 1.54) is 31.9 Å². The van der Waals surface area contributed by atoms with Crippen LogP contribution >= 0.6 is 0 Å². The molecule has 0 amide bonds. The standard InChI is InChI=1S/C11H23NO2S/c1-11(2)6-4-10(5-7-11)12-8-9-15(3,13)14/h10,12H,4-9H2,1-3H3. The molecule has 0 saturated heterocycles. The molecule has 0 bridgehead atoms. The van der Waals surface area contributed by atoms with E-state index in [2.05, 4.69) is 19.2 Å². The number of hydrogen-bond acceptors (Lipinski definition) is 3. The van der Waals surface area contributed by atoms with Crippen LogP contribution in [0.2, 0.25) is 0 Å². The van der Waals surface area contributed by atoms with Crippen LogP contribution in [0.15, 0.2) is 0 Å². The van der Waals surface area contributed by atoms with Gasteiger partial charge >= 0.3 is 0 Å². The van der Waals surface area contributed by atoms with E-state index < -0.39 is 9.84 Å². The average Bonchev–Trinajstić information content (AvgIpc) is 2.06. The highest BCUT2D eigenvalue weighted by atomic mass is 32.2. The highest BCUT2D eigenvalue weighted by Gasteiger charge is 2.26. The molecule has 0 aromatic heterocycles. The number of sulfone groups is 1. The largest absolute Gasteiger partial charge is 0.313 e. The Balaban J connectivity index is 2.20. The van der Waals surface area contributed by atoms with Crippen molar-refractivity contribution in [2.45, 2.75) is 45.6 Å². The Hall–Kier alpha value is -0.0900. The lowest BCUT2D eigenvalue weighted by atomic mass is 9.75. The van der Waals surface area contributed by atoms with E-state index in [-0.39, 0.29) is 5.75 Å². The fourth-order valence-corrected chi connectivity index (χ4v) is 2.54. The molecule has 0 unspecified atom stereocenters. The maximum absolute atomic E-state index is 10.9. The molecule has 3 nitrogen and oxygen atoms in total. The van der Waals surface area contributed by atoms with E-state index in [1.807, 2.05) is 0 Å². The maximum atomic E-state index is 10.9. The molecule has 0 spiro atoms. The van der Waals surface area contributed by atoms with Gasteiger partial charge < -0.3 is 5.32 Å². The van der Waals surface area contributed by atoms with Crippen molar-refractivity contribution in [3.05, 3.63) is 0 Å². The minimum Gasteiger partial charge on any atom is -0.313 e. The van der Waals surface area contributed by atoms with Crippen LogP contribution in [-0.4, -0.2) is 33.0 Å². The summed E-state index contributed by atoms with van der Waals surface area (Å²) in [5.74, 6) is 0.257. The second kappa shape index (κ2) is 4.83. The van der Waals surface area contributed by atoms with Gasteiger partial charge in [0.2, 0.25) is 0 Å². The van der Waals surface area contributed by atoms with Gasteiger partial charge in [0.15, 0.2) is 0 Å². The predicted octanol–water partition coefficient (Wildman–Crippen LogP) is 1.59. The first kappa shape index (κ1) is 13.0. The van der Waals surface area contributed by atoms with E-state index >= 15 is 0 Å². The van der Waals surface area contributed by atoms with Crippen molar-refractivity contribution in [1.82, 2.24) is 5.32 Å². The lowest BCUT2D eigenvalue weighted by Gasteiger charge is -2.34. The first-order chi connectivity index (χ1) is 6.79. The average molecular weight is 233 g/mol. The fraction of sp³-hybridized carbons (Fsp3) is 1.00. The first-order valence-electron chi connectivity index (χ1n) is 5.70. The predicted molar refractivity (Wildman–Crippen MR) is 63.8 cm³/mol. The van der Waals surface area contributed by atoms with Gasteiger partial charge in [-0.25, -0.2) is 8.42 Å². The van der Waals surface area contributed by atoms with Gasteiger partial charge in [0, 0.05) is 18.8 Å². The van der Waals surface area contributed by atoms with Crippen LogP contribution in [-0.2, 0) is 9.84 Å². The second-order valence-electron chi connectivity index (χ2n) is 5.52. The molecule has 90 valence electrons. The van der Waals surface area contributed by atoms with Crippen molar-refractivity contribution >= 4 is 9.84 Å². The van der Waals surface area contributed by atoms with Gasteiger partial charge in [0.05, 0.1) is 5.75 Å². The van der Waals surface area contributed by atoms with Crippen molar-refractivity contribution in [3.8, 4) is 0 Å². The Morgan fingerprint density at radius 1 is 1.27 bits per heavy atom. The number of nitrogens with one attached hydrogen (secondary N) is 1. The summed E-state index contributed by atoms with van der Waals surface area (Å²) in [6.45, 7) is 5.21. The highest BCUT2D eigenvalue weighted by Crippen LogP contribution is 2.34. The lowest BCUT2D eigenvalue weighted by Crippen LogP contribution is -2.37. The summed E-state index contributed by atoms with van der Waals surface area (Å²) in [6, 6.07) is 0.528. The Labute approximate surface area is 93.6 Å². The summed E-state index contributed by atoms with van der Waals surface area (Å²) >= 11 is 0. The summed E-state index contributed by atoms with van der Waals surface area (Å²) in [6.07, 6.45) is 6.12. The maximum Gasteiger partial charge on any atom is 0.148 e. The third-order valence-electron chi connectivity index (χ3n) is 3.25. The minimum absolute atomic E-state index is 0.257. The Morgan fingerprint density at radius 2 is 1.80 bits per heavy atom. The molecule has 15 heavy (non-hydrogen) atoms. The summed E-state index contributed by atoms with van der Waals surface area (Å²) in [4.78, 5) is 0. The molecule has 4 heteroatoms. The SMILES string of the molecule is CC1(C)CCC(NCCS(C)(=O)=O)CC1. The fourth-order valence-electron chi connectivity index (χ4n) is 2.05. The minimum atomic E-state index is -2.81. The van der Waals surface area contributed by atoms with Gasteiger partial charge in [-0.1, -0.05) is 13.8 Å². The topological polar surface area (TPSA) is 46.2 Å². The van der Waals surface area contributed by atoms with Crippen molar-refractivity contribution in [3.63, 3.8) is 0 Å². The summed E-state index contributed by atoms with van der Waals surface area (Å²) < 4.78 is 21.9. The molecule has 0 aliphatic heterocycles. The molecule has 1 saturated carbocycles. The third kappa shape index (κ3) is 5.52. The molecule has 1 fully saturated rings. The molecule has 1 aliphatic carbocycles. The normalized spacial score (nSPS) is 22.9. The van der Waals surface area contributed by atoms with Gasteiger partial charge in [0.1, 0.15) is 9.84 Å². The summed E-state index contributed by atoms with van der Waals surface area (Å²) in [7, 11) is -2.81. The number of rotatable bonds is 4. The highest BCUT2D eigenvalue weighted by molar-refractivity contribution is 7.90. The Kier molecular flexibility index (Phi) is 4.18. The van der Waals surface area contributed by atoms with Crippen molar-refractivity contribution in [1.29, 1.82) is 0 Å². The number of hydrogen-bond donors (Lipinski definition) is 1. The van der Waals surface area contributed by atoms with Gasteiger partial charge in [-0.2, -0.15) is 0 Å². The monoisotopic (exact) mass is 233 g/mol. The van der Waals surface area contributed by atoms with Crippen LogP contribution < -0.4 is 5.32 Å². The van der Waals surface area contributed by atoms with E-state index in [9.17, 15) is 8.42 Å². The molecule has 1 aliphatic rings. The molecule has 0 aromatic carbocycles. The Morgan fingerprint density at radius 3 is 2.27 bits per heavy atom. The second-order valence-corrected chi connectivity index (χ2v) is 7.78. The van der Waals surface area contributed by atoms with Crippen molar-refractivity contribution in [2.24, 2.45) is 5.41 Å². The molecule has 0 aromatic rings. The molecular formula is C11H23NO2S. The van der Waals surface area contributed by atoms with E-state index in [1.54, 1.807) is 0 Å². The summed E-state index contributed by atoms with van der Waals surface area (Å²) in [5, 5.41) is 3.34. The first-order valence-corrected chi connectivity index (χ1v) is 7.76. The Bertz CT molecular complexity index is 286. The lowest BCUT2D eigenvalue weighted by molar-refractivity contribution is 0.208. The third-order valence-corrected chi connectivity index (χ3v) is 4.19. The van der Waals surface area contributed by atoms with Gasteiger partial charge in [-0.15, -0.1) is 0 Å². The van der Waals surface area contributed by atoms with E-state index in [4.69, 9.17) is 0 Å². The van der Waals surface area contributed by atoms with Gasteiger partial charge in [-0.05, 0) is 31.1 Å². The van der Waals surface area contributed by atoms with Crippen LogP contribution in [0.4, 0.5) is 0 Å². The van der Waals surface area contributed by atoms with E-state index in [0.29, 0.717) is 18.0 Å². The zero-order valence-corrected chi connectivity index (χ0v) is 10.9. The smallest absolute Gasteiger partial charge is 0.148 e.